The molecule has 0 radical (unpaired) electrons. The van der Waals surface area contributed by atoms with Crippen LogP contribution in [0.15, 0.2) is 47.6 Å². The van der Waals surface area contributed by atoms with Crippen molar-refractivity contribution in [2.75, 3.05) is 44.3 Å². The number of aliphatic imine (C=N–C) groups is 1. The third-order valence-electron chi connectivity index (χ3n) is 5.01. The average Bonchev–Trinajstić information content (AvgIpc) is 2.81. The number of morpholine rings is 1. The second-order valence-electron chi connectivity index (χ2n) is 7.92. The zero-order valence-corrected chi connectivity index (χ0v) is 19.3. The lowest BCUT2D eigenvalue weighted by Gasteiger charge is -2.29. The van der Waals surface area contributed by atoms with E-state index in [4.69, 9.17) is 14.5 Å². The number of aromatic nitrogens is 1. The van der Waals surface area contributed by atoms with Crippen molar-refractivity contribution in [3.63, 3.8) is 0 Å². The van der Waals surface area contributed by atoms with Gasteiger partial charge in [-0.05, 0) is 44.5 Å². The summed E-state index contributed by atoms with van der Waals surface area (Å²) in [4.78, 5) is 11.5. The Bertz CT molecular complexity index is 868. The maximum absolute atomic E-state index is 10.7. The van der Waals surface area contributed by atoms with E-state index in [0.717, 1.165) is 42.3 Å². The van der Waals surface area contributed by atoms with Crippen LogP contribution in [-0.4, -0.2) is 61.5 Å². The van der Waals surface area contributed by atoms with Gasteiger partial charge in [-0.2, -0.15) is 0 Å². The number of benzene rings is 1. The molecule has 174 valence electrons. The molecular weight excluding hydrogens is 406 g/mol. The third kappa shape index (κ3) is 7.10. The minimum atomic E-state index is -0.683. The number of aliphatic hydroxyl groups excluding tert-OH is 1. The topological polar surface area (TPSA) is 91.2 Å². The van der Waals surface area contributed by atoms with Gasteiger partial charge in [-0.15, -0.1) is 0 Å². The number of aliphatic hydroxyl groups is 1. The van der Waals surface area contributed by atoms with Gasteiger partial charge < -0.3 is 30.1 Å². The number of nitrogens with zero attached hydrogens (tertiary/aromatic N) is 3. The molecule has 0 saturated carbocycles. The Labute approximate surface area is 190 Å². The summed E-state index contributed by atoms with van der Waals surface area (Å²) in [5, 5.41) is 17.2. The summed E-state index contributed by atoms with van der Waals surface area (Å²) < 4.78 is 11.2. The number of hydrogen-bond donors (Lipinski definition) is 3. The zero-order chi connectivity index (χ0) is 22.8. The quantitative estimate of drug-likeness (QED) is 0.407. The number of nitrogens with one attached hydrogen (secondary N) is 2. The number of hydrogen-bond acceptors (Lipinski definition) is 6. The Balaban J connectivity index is 1.63. The molecule has 2 aromatic rings. The molecule has 0 bridgehead atoms. The van der Waals surface area contributed by atoms with E-state index in [2.05, 4.69) is 26.6 Å². The van der Waals surface area contributed by atoms with Crippen molar-refractivity contribution >= 4 is 11.8 Å². The molecule has 8 heteroatoms. The lowest BCUT2D eigenvalue weighted by Crippen LogP contribution is -2.39. The molecule has 3 rings (SSSR count). The molecule has 1 unspecified atom stereocenters. The Morgan fingerprint density at radius 3 is 2.78 bits per heavy atom. The van der Waals surface area contributed by atoms with Crippen LogP contribution in [0.1, 0.15) is 38.0 Å². The van der Waals surface area contributed by atoms with Crippen LogP contribution in [-0.2, 0) is 11.3 Å². The summed E-state index contributed by atoms with van der Waals surface area (Å²) in [6.07, 6.45) is 1.22. The first kappa shape index (κ1) is 23.8. The summed E-state index contributed by atoms with van der Waals surface area (Å²) in [7, 11) is 0. The van der Waals surface area contributed by atoms with Crippen molar-refractivity contribution < 1.29 is 14.6 Å². The predicted molar refractivity (Wildman–Crippen MR) is 127 cm³/mol. The fraction of sp³-hybridized carbons (Fsp3) is 0.500. The van der Waals surface area contributed by atoms with Gasteiger partial charge in [0.05, 0.1) is 32.0 Å². The highest BCUT2D eigenvalue weighted by Crippen LogP contribution is 2.21. The molecule has 3 N–H and O–H groups in total. The molecular formula is C24H35N5O3. The molecule has 2 heterocycles. The fourth-order valence-corrected chi connectivity index (χ4v) is 3.50. The summed E-state index contributed by atoms with van der Waals surface area (Å²) in [5.41, 5.74) is 1.86. The van der Waals surface area contributed by atoms with E-state index in [1.807, 2.05) is 57.3 Å². The van der Waals surface area contributed by atoms with E-state index in [0.29, 0.717) is 32.3 Å². The van der Waals surface area contributed by atoms with Crippen LogP contribution in [0.5, 0.6) is 5.75 Å². The van der Waals surface area contributed by atoms with Gasteiger partial charge in [0.1, 0.15) is 11.6 Å². The number of pyridine rings is 1. The molecule has 0 aliphatic carbocycles. The normalized spacial score (nSPS) is 15.5. The molecule has 1 fully saturated rings. The van der Waals surface area contributed by atoms with Crippen molar-refractivity contribution in [1.82, 2.24) is 15.6 Å². The second-order valence-corrected chi connectivity index (χ2v) is 7.92. The second kappa shape index (κ2) is 12.3. The highest BCUT2D eigenvalue weighted by Gasteiger charge is 2.16. The van der Waals surface area contributed by atoms with Crippen molar-refractivity contribution in [2.24, 2.45) is 4.99 Å². The largest absolute Gasteiger partial charge is 0.491 e. The van der Waals surface area contributed by atoms with Crippen LogP contribution < -0.4 is 20.3 Å². The number of guanidine groups is 1. The van der Waals surface area contributed by atoms with E-state index in [9.17, 15) is 5.11 Å². The lowest BCUT2D eigenvalue weighted by atomic mass is 10.1. The molecule has 8 nitrogen and oxygen atoms in total. The van der Waals surface area contributed by atoms with Gasteiger partial charge in [0.25, 0.3) is 0 Å². The summed E-state index contributed by atoms with van der Waals surface area (Å²) in [6, 6.07) is 11.6. The van der Waals surface area contributed by atoms with Crippen LogP contribution in [0, 0.1) is 0 Å². The smallest absolute Gasteiger partial charge is 0.191 e. The number of ether oxygens (including phenoxy) is 2. The molecule has 1 aliphatic heterocycles. The maximum atomic E-state index is 10.7. The van der Waals surface area contributed by atoms with Crippen molar-refractivity contribution in [3.8, 4) is 5.75 Å². The van der Waals surface area contributed by atoms with Crippen molar-refractivity contribution in [3.05, 3.63) is 53.7 Å². The molecule has 0 spiro atoms. The first-order valence-electron chi connectivity index (χ1n) is 11.3. The number of anilines is 1. The monoisotopic (exact) mass is 441 g/mol. The first-order valence-corrected chi connectivity index (χ1v) is 11.3. The SMILES string of the molecule is CCNC(=NCc1cccnc1N1CCOCC1)NCC(O)c1cccc(OC(C)C)c1. The Hall–Kier alpha value is -2.84. The summed E-state index contributed by atoms with van der Waals surface area (Å²) in [6.45, 7) is 10.6. The zero-order valence-electron chi connectivity index (χ0n) is 19.3. The standard InChI is InChI=1S/C24H35N5O3/c1-4-25-24(28-17-22(30)19-7-5-9-21(15-19)32-18(2)3)27-16-20-8-6-10-26-23(20)29-11-13-31-14-12-29/h5-10,15,18,22,30H,4,11-14,16-17H2,1-3H3,(H2,25,27,28). The van der Waals surface area contributed by atoms with Gasteiger partial charge in [-0.1, -0.05) is 18.2 Å². The van der Waals surface area contributed by atoms with Crippen LogP contribution >= 0.6 is 0 Å². The predicted octanol–water partition coefficient (Wildman–Crippen LogP) is 2.49. The van der Waals surface area contributed by atoms with Crippen LogP contribution in [0.3, 0.4) is 0 Å². The average molecular weight is 442 g/mol. The molecule has 1 aromatic heterocycles. The van der Waals surface area contributed by atoms with E-state index < -0.39 is 6.10 Å². The molecule has 1 aliphatic rings. The van der Waals surface area contributed by atoms with Gasteiger partial charge in [0, 0.05) is 37.9 Å². The van der Waals surface area contributed by atoms with E-state index >= 15 is 0 Å². The highest BCUT2D eigenvalue weighted by molar-refractivity contribution is 5.79. The van der Waals surface area contributed by atoms with E-state index in [1.165, 1.54) is 0 Å². The van der Waals surface area contributed by atoms with Gasteiger partial charge in [-0.25, -0.2) is 9.98 Å². The molecule has 1 saturated heterocycles. The van der Waals surface area contributed by atoms with Crippen molar-refractivity contribution in [2.45, 2.75) is 39.5 Å². The van der Waals surface area contributed by atoms with Gasteiger partial charge in [0.2, 0.25) is 0 Å². The van der Waals surface area contributed by atoms with Gasteiger partial charge in [-0.3, -0.25) is 0 Å². The lowest BCUT2D eigenvalue weighted by molar-refractivity contribution is 0.122. The highest BCUT2D eigenvalue weighted by atomic mass is 16.5. The van der Waals surface area contributed by atoms with E-state index in [-0.39, 0.29) is 6.10 Å². The van der Waals surface area contributed by atoms with Gasteiger partial charge >= 0.3 is 0 Å². The first-order chi connectivity index (χ1) is 15.6. The minimum absolute atomic E-state index is 0.0860. The van der Waals surface area contributed by atoms with E-state index in [1.54, 1.807) is 0 Å². The van der Waals surface area contributed by atoms with Crippen LogP contribution in [0.4, 0.5) is 5.82 Å². The molecule has 1 aromatic carbocycles. The molecule has 1 atom stereocenters. The maximum Gasteiger partial charge on any atom is 0.191 e. The third-order valence-corrected chi connectivity index (χ3v) is 5.01. The minimum Gasteiger partial charge on any atom is -0.491 e. The van der Waals surface area contributed by atoms with Crippen molar-refractivity contribution in [1.29, 1.82) is 0 Å². The summed E-state index contributed by atoms with van der Waals surface area (Å²) in [5.74, 6) is 2.36. The Morgan fingerprint density at radius 2 is 2.03 bits per heavy atom. The molecule has 32 heavy (non-hydrogen) atoms. The van der Waals surface area contributed by atoms with Gasteiger partial charge in [0.15, 0.2) is 5.96 Å². The van der Waals surface area contributed by atoms with Crippen LogP contribution in [0.2, 0.25) is 0 Å². The fourth-order valence-electron chi connectivity index (χ4n) is 3.50. The Morgan fingerprint density at radius 1 is 1.22 bits per heavy atom. The number of rotatable bonds is 9. The summed E-state index contributed by atoms with van der Waals surface area (Å²) >= 11 is 0. The van der Waals surface area contributed by atoms with Crippen LogP contribution in [0.25, 0.3) is 0 Å². The molecule has 0 amide bonds. The Kier molecular flexibility index (Phi) is 9.13.